The highest BCUT2D eigenvalue weighted by Gasteiger charge is 2.27. The molecular weight excluding hydrogens is 480 g/mol. The highest BCUT2D eigenvalue weighted by molar-refractivity contribution is 5.71. The third-order valence-corrected chi connectivity index (χ3v) is 6.93. The van der Waals surface area contributed by atoms with E-state index in [0.29, 0.717) is 36.5 Å². The molecule has 2 unspecified atom stereocenters. The lowest BCUT2D eigenvalue weighted by Crippen LogP contribution is -2.21. The summed E-state index contributed by atoms with van der Waals surface area (Å²) in [6.07, 6.45) is 6.66. The molecule has 0 saturated carbocycles. The van der Waals surface area contributed by atoms with Gasteiger partial charge in [0.25, 0.3) is 0 Å². The van der Waals surface area contributed by atoms with Gasteiger partial charge in [0.2, 0.25) is 5.82 Å². The van der Waals surface area contributed by atoms with Crippen LogP contribution in [-0.2, 0) is 4.74 Å². The van der Waals surface area contributed by atoms with Crippen LogP contribution in [0.15, 0.2) is 61.2 Å². The van der Waals surface area contributed by atoms with E-state index in [0.717, 1.165) is 25.7 Å². The molecule has 4 rings (SSSR count). The van der Waals surface area contributed by atoms with Crippen molar-refractivity contribution in [3.8, 4) is 28.0 Å². The SMILES string of the molecule is C=CCCOc1ccc(-c2ccc(-c3ccc(C4CCC(CCCC)CO4)c(F)c3F)cc2)c(F)c1F. The zero-order chi connectivity index (χ0) is 26.4. The van der Waals surface area contributed by atoms with Crippen LogP contribution < -0.4 is 4.74 Å². The lowest BCUT2D eigenvalue weighted by atomic mass is 9.90. The summed E-state index contributed by atoms with van der Waals surface area (Å²) in [6, 6.07) is 12.2. The van der Waals surface area contributed by atoms with E-state index in [2.05, 4.69) is 13.5 Å². The smallest absolute Gasteiger partial charge is 0.201 e. The molecule has 196 valence electrons. The van der Waals surface area contributed by atoms with E-state index in [-0.39, 0.29) is 29.0 Å². The van der Waals surface area contributed by atoms with Crippen molar-refractivity contribution in [1.29, 1.82) is 0 Å². The lowest BCUT2D eigenvalue weighted by Gasteiger charge is -2.29. The number of hydrogen-bond donors (Lipinski definition) is 0. The molecule has 6 heteroatoms. The molecule has 1 aliphatic rings. The van der Waals surface area contributed by atoms with Gasteiger partial charge < -0.3 is 9.47 Å². The third kappa shape index (κ3) is 6.07. The van der Waals surface area contributed by atoms with E-state index in [1.807, 2.05) is 0 Å². The van der Waals surface area contributed by atoms with Crippen LogP contribution in [0.3, 0.4) is 0 Å². The molecule has 1 heterocycles. The first-order valence-electron chi connectivity index (χ1n) is 12.9. The van der Waals surface area contributed by atoms with E-state index >= 15 is 8.78 Å². The maximum Gasteiger partial charge on any atom is 0.201 e. The van der Waals surface area contributed by atoms with Gasteiger partial charge >= 0.3 is 0 Å². The number of halogens is 4. The van der Waals surface area contributed by atoms with Gasteiger partial charge in [0.15, 0.2) is 23.2 Å². The minimum atomic E-state index is -1.07. The molecule has 1 fully saturated rings. The predicted octanol–water partition coefficient (Wildman–Crippen LogP) is 9.19. The number of ether oxygens (including phenoxy) is 2. The van der Waals surface area contributed by atoms with Crippen LogP contribution in [0.1, 0.15) is 57.1 Å². The second-order valence-electron chi connectivity index (χ2n) is 9.48. The summed E-state index contributed by atoms with van der Waals surface area (Å²) in [5, 5.41) is 0. The van der Waals surface area contributed by atoms with Crippen molar-refractivity contribution < 1.29 is 27.0 Å². The van der Waals surface area contributed by atoms with Crippen molar-refractivity contribution in [2.45, 2.75) is 51.6 Å². The summed E-state index contributed by atoms with van der Waals surface area (Å²) in [7, 11) is 0. The first-order valence-corrected chi connectivity index (χ1v) is 12.9. The molecule has 0 N–H and O–H groups in total. The molecule has 0 amide bonds. The van der Waals surface area contributed by atoms with E-state index in [9.17, 15) is 8.78 Å². The Morgan fingerprint density at radius 2 is 1.51 bits per heavy atom. The molecule has 3 aromatic carbocycles. The van der Waals surface area contributed by atoms with Crippen LogP contribution >= 0.6 is 0 Å². The fraction of sp³-hybridized carbons (Fsp3) is 0.355. The normalized spacial score (nSPS) is 17.5. The quantitative estimate of drug-likeness (QED) is 0.153. The summed E-state index contributed by atoms with van der Waals surface area (Å²) in [4.78, 5) is 0. The summed E-state index contributed by atoms with van der Waals surface area (Å²) in [5.41, 5.74) is 1.22. The maximum absolute atomic E-state index is 15.1. The first-order chi connectivity index (χ1) is 17.9. The summed E-state index contributed by atoms with van der Waals surface area (Å²) in [5.74, 6) is -3.65. The van der Waals surface area contributed by atoms with Gasteiger partial charge in [0, 0.05) is 16.7 Å². The van der Waals surface area contributed by atoms with E-state index in [1.165, 1.54) is 12.1 Å². The van der Waals surface area contributed by atoms with Gasteiger partial charge in [0.1, 0.15) is 0 Å². The zero-order valence-electron chi connectivity index (χ0n) is 21.0. The standard InChI is InChI=1S/C31H32F4O2/c1-3-5-7-20-8-16-26(37-19-20)25-14-13-23(28(32)30(25)34)21-9-11-22(12-10-21)24-15-17-27(31(35)29(24)33)36-18-6-4-2/h4,9-15,17,20,26H,2-3,5-8,16,18-19H2,1H3. The van der Waals surface area contributed by atoms with Crippen LogP contribution in [0.4, 0.5) is 17.6 Å². The predicted molar refractivity (Wildman–Crippen MR) is 138 cm³/mol. The van der Waals surface area contributed by atoms with E-state index in [1.54, 1.807) is 42.5 Å². The molecule has 0 aliphatic carbocycles. The van der Waals surface area contributed by atoms with E-state index < -0.39 is 29.4 Å². The Hall–Kier alpha value is -3.12. The van der Waals surface area contributed by atoms with Crippen LogP contribution in [0, 0.1) is 29.2 Å². The fourth-order valence-corrected chi connectivity index (χ4v) is 4.76. The van der Waals surface area contributed by atoms with Crippen molar-refractivity contribution in [3.63, 3.8) is 0 Å². The monoisotopic (exact) mass is 512 g/mol. The van der Waals surface area contributed by atoms with Gasteiger partial charge in [-0.1, -0.05) is 62.2 Å². The summed E-state index contributed by atoms with van der Waals surface area (Å²) < 4.78 is 70.5. The van der Waals surface area contributed by atoms with Crippen molar-refractivity contribution in [3.05, 3.63) is 90.0 Å². The van der Waals surface area contributed by atoms with Gasteiger partial charge in [0.05, 0.1) is 19.3 Å². The highest BCUT2D eigenvalue weighted by Crippen LogP contribution is 2.37. The molecule has 0 spiro atoms. The van der Waals surface area contributed by atoms with Crippen molar-refractivity contribution in [1.82, 2.24) is 0 Å². The minimum Gasteiger partial charge on any atom is -0.490 e. The van der Waals surface area contributed by atoms with Crippen molar-refractivity contribution in [2.24, 2.45) is 5.92 Å². The second-order valence-corrected chi connectivity index (χ2v) is 9.48. The number of benzene rings is 3. The Balaban J connectivity index is 1.50. The zero-order valence-corrected chi connectivity index (χ0v) is 21.0. The Kier molecular flexibility index (Phi) is 9.04. The molecule has 0 bridgehead atoms. The molecule has 1 saturated heterocycles. The Bertz CT molecular complexity index is 1210. The average molecular weight is 513 g/mol. The number of hydrogen-bond acceptors (Lipinski definition) is 2. The van der Waals surface area contributed by atoms with Gasteiger partial charge in [-0.2, -0.15) is 4.39 Å². The van der Waals surface area contributed by atoms with Crippen molar-refractivity contribution in [2.75, 3.05) is 13.2 Å². The van der Waals surface area contributed by atoms with Crippen LogP contribution in [0.5, 0.6) is 5.75 Å². The first kappa shape index (κ1) is 26.9. The third-order valence-electron chi connectivity index (χ3n) is 6.93. The summed E-state index contributed by atoms with van der Waals surface area (Å²) >= 11 is 0. The fourth-order valence-electron chi connectivity index (χ4n) is 4.76. The Labute approximate surface area is 215 Å². The average Bonchev–Trinajstić information content (AvgIpc) is 2.92. The molecule has 0 aromatic heterocycles. The molecule has 2 nitrogen and oxygen atoms in total. The maximum atomic E-state index is 15.1. The Morgan fingerprint density at radius 1 is 0.865 bits per heavy atom. The number of rotatable bonds is 10. The van der Waals surface area contributed by atoms with Gasteiger partial charge in [-0.25, -0.2) is 13.2 Å². The van der Waals surface area contributed by atoms with Crippen molar-refractivity contribution >= 4 is 0 Å². The largest absolute Gasteiger partial charge is 0.490 e. The second kappa shape index (κ2) is 12.4. The van der Waals surface area contributed by atoms with Gasteiger partial charge in [-0.3, -0.25) is 0 Å². The van der Waals surface area contributed by atoms with E-state index in [4.69, 9.17) is 9.47 Å². The topological polar surface area (TPSA) is 18.5 Å². The number of unbranched alkanes of at least 4 members (excludes halogenated alkanes) is 1. The molecule has 1 aliphatic heterocycles. The molecule has 2 atom stereocenters. The highest BCUT2D eigenvalue weighted by atomic mass is 19.2. The molecule has 37 heavy (non-hydrogen) atoms. The minimum absolute atomic E-state index is 0.0498. The molecule has 3 aromatic rings. The van der Waals surface area contributed by atoms with Crippen LogP contribution in [0.25, 0.3) is 22.3 Å². The molecular formula is C31H32F4O2. The van der Waals surface area contributed by atoms with Gasteiger partial charge in [-0.05, 0) is 54.9 Å². The summed E-state index contributed by atoms with van der Waals surface area (Å²) in [6.45, 7) is 6.47. The molecule has 0 radical (unpaired) electrons. The van der Waals surface area contributed by atoms with Crippen LogP contribution in [0.2, 0.25) is 0 Å². The lowest BCUT2D eigenvalue weighted by molar-refractivity contribution is -0.0217. The Morgan fingerprint density at radius 3 is 2.11 bits per heavy atom. The van der Waals surface area contributed by atoms with Crippen LogP contribution in [-0.4, -0.2) is 13.2 Å². The van der Waals surface area contributed by atoms with Gasteiger partial charge in [-0.15, -0.1) is 6.58 Å².